The molecule has 1 saturated carbocycles. The Kier molecular flexibility index (Phi) is 2.60. The maximum atomic E-state index is 12.3. The fourth-order valence-electron chi connectivity index (χ4n) is 3.21. The largest absolute Gasteiger partial charge is 0.341 e. The van der Waals surface area contributed by atoms with Crippen molar-refractivity contribution in [2.45, 2.75) is 47.5 Å². The molecule has 1 heterocycles. The average molecular weight is 223 g/mol. The molecule has 2 fully saturated rings. The van der Waals surface area contributed by atoms with Crippen LogP contribution in [0.1, 0.15) is 47.5 Å². The van der Waals surface area contributed by atoms with E-state index in [-0.39, 0.29) is 10.8 Å². The van der Waals surface area contributed by atoms with E-state index in [1.807, 2.05) is 0 Å². The Hall–Kier alpha value is -0.530. The van der Waals surface area contributed by atoms with Crippen LogP contribution < -0.4 is 0 Å². The maximum Gasteiger partial charge on any atom is 0.228 e. The summed E-state index contributed by atoms with van der Waals surface area (Å²) in [6.45, 7) is 13.2. The number of likely N-dealkylation sites (tertiary alicyclic amines) is 1. The molecule has 1 aliphatic carbocycles. The molecular formula is C14H25NO. The predicted octanol–water partition coefficient (Wildman–Crippen LogP) is 2.93. The van der Waals surface area contributed by atoms with Crippen LogP contribution in [0.15, 0.2) is 0 Å². The van der Waals surface area contributed by atoms with Crippen LogP contribution in [0.5, 0.6) is 0 Å². The number of amides is 1. The highest BCUT2D eigenvalue weighted by Gasteiger charge is 2.51. The smallest absolute Gasteiger partial charge is 0.228 e. The molecule has 0 aromatic rings. The van der Waals surface area contributed by atoms with Crippen LogP contribution in [0.2, 0.25) is 0 Å². The Morgan fingerprint density at radius 3 is 2.19 bits per heavy atom. The molecule has 2 aliphatic rings. The molecule has 0 spiro atoms. The standard InChI is InChI=1S/C14H25NO/c1-10(2)11-8-15(9-13(11,3)4)12(16)14(5)6-7-14/h10-11H,6-9H2,1-5H3. The summed E-state index contributed by atoms with van der Waals surface area (Å²) < 4.78 is 0. The SMILES string of the molecule is CC(C)C1CN(C(=O)C2(C)CC2)CC1(C)C. The third-order valence-electron chi connectivity index (χ3n) is 4.63. The molecule has 1 amide bonds. The van der Waals surface area contributed by atoms with Gasteiger partial charge in [0.15, 0.2) is 0 Å². The van der Waals surface area contributed by atoms with Crippen LogP contribution in [-0.2, 0) is 4.79 Å². The summed E-state index contributed by atoms with van der Waals surface area (Å²) in [6.07, 6.45) is 2.18. The molecule has 0 radical (unpaired) electrons. The summed E-state index contributed by atoms with van der Waals surface area (Å²) in [5, 5.41) is 0. The minimum Gasteiger partial charge on any atom is -0.341 e. The molecule has 0 N–H and O–H groups in total. The van der Waals surface area contributed by atoms with Gasteiger partial charge in [-0.25, -0.2) is 0 Å². The van der Waals surface area contributed by atoms with E-state index in [0.29, 0.717) is 17.7 Å². The second kappa shape index (κ2) is 3.48. The fourth-order valence-corrected chi connectivity index (χ4v) is 3.21. The lowest BCUT2D eigenvalue weighted by molar-refractivity contribution is -0.135. The zero-order valence-electron chi connectivity index (χ0n) is 11.3. The highest BCUT2D eigenvalue weighted by Crippen LogP contribution is 2.49. The molecule has 16 heavy (non-hydrogen) atoms. The quantitative estimate of drug-likeness (QED) is 0.705. The summed E-state index contributed by atoms with van der Waals surface area (Å²) in [7, 11) is 0. The normalized spacial score (nSPS) is 30.9. The topological polar surface area (TPSA) is 20.3 Å². The maximum absolute atomic E-state index is 12.3. The van der Waals surface area contributed by atoms with Crippen LogP contribution in [0.3, 0.4) is 0 Å². The van der Waals surface area contributed by atoms with Crippen molar-refractivity contribution in [1.82, 2.24) is 4.90 Å². The molecule has 0 aromatic heterocycles. The van der Waals surface area contributed by atoms with E-state index in [4.69, 9.17) is 0 Å². The summed E-state index contributed by atoms with van der Waals surface area (Å²) in [5.74, 6) is 1.72. The third kappa shape index (κ3) is 1.87. The third-order valence-corrected chi connectivity index (χ3v) is 4.63. The number of rotatable bonds is 2. The van der Waals surface area contributed by atoms with E-state index in [1.54, 1.807) is 0 Å². The Morgan fingerprint density at radius 1 is 1.25 bits per heavy atom. The summed E-state index contributed by atoms with van der Waals surface area (Å²) in [6, 6.07) is 0. The van der Waals surface area contributed by atoms with Gasteiger partial charge in [-0.1, -0.05) is 34.6 Å². The Bertz CT molecular complexity index is 302. The van der Waals surface area contributed by atoms with Gasteiger partial charge in [-0.15, -0.1) is 0 Å². The van der Waals surface area contributed by atoms with Crippen molar-refractivity contribution in [3.63, 3.8) is 0 Å². The number of carbonyl (C=O) groups is 1. The number of hydrogen-bond donors (Lipinski definition) is 0. The van der Waals surface area contributed by atoms with Crippen molar-refractivity contribution >= 4 is 5.91 Å². The van der Waals surface area contributed by atoms with Crippen molar-refractivity contribution in [3.8, 4) is 0 Å². The second-order valence-electron chi connectivity index (χ2n) is 7.09. The minimum atomic E-state index is 0.00193. The zero-order valence-corrected chi connectivity index (χ0v) is 11.3. The van der Waals surface area contributed by atoms with Crippen molar-refractivity contribution in [1.29, 1.82) is 0 Å². The number of hydrogen-bond acceptors (Lipinski definition) is 1. The molecule has 2 heteroatoms. The number of nitrogens with zero attached hydrogens (tertiary/aromatic N) is 1. The summed E-state index contributed by atoms with van der Waals surface area (Å²) >= 11 is 0. The summed E-state index contributed by atoms with van der Waals surface area (Å²) in [4.78, 5) is 14.4. The average Bonchev–Trinajstić information content (AvgIpc) is 2.81. The van der Waals surface area contributed by atoms with E-state index in [1.165, 1.54) is 0 Å². The van der Waals surface area contributed by atoms with Gasteiger partial charge in [0.25, 0.3) is 0 Å². The summed E-state index contributed by atoms with van der Waals surface area (Å²) in [5.41, 5.74) is 0.289. The van der Waals surface area contributed by atoms with Crippen LogP contribution >= 0.6 is 0 Å². The van der Waals surface area contributed by atoms with Gasteiger partial charge in [-0.05, 0) is 30.1 Å². The molecule has 2 rings (SSSR count). The minimum absolute atomic E-state index is 0.00193. The number of carbonyl (C=O) groups excluding carboxylic acids is 1. The highest BCUT2D eigenvalue weighted by molar-refractivity contribution is 5.85. The molecule has 0 aromatic carbocycles. The lowest BCUT2D eigenvalue weighted by Gasteiger charge is -2.28. The van der Waals surface area contributed by atoms with Crippen molar-refractivity contribution in [2.75, 3.05) is 13.1 Å². The molecule has 1 saturated heterocycles. The molecule has 2 nitrogen and oxygen atoms in total. The van der Waals surface area contributed by atoms with E-state index >= 15 is 0 Å². The van der Waals surface area contributed by atoms with Gasteiger partial charge in [-0.2, -0.15) is 0 Å². The van der Waals surface area contributed by atoms with E-state index < -0.39 is 0 Å². The molecule has 1 atom stereocenters. The van der Waals surface area contributed by atoms with Gasteiger partial charge in [-0.3, -0.25) is 4.79 Å². The van der Waals surface area contributed by atoms with Gasteiger partial charge in [0, 0.05) is 18.5 Å². The molecule has 1 aliphatic heterocycles. The Labute approximate surface area is 99.4 Å². The van der Waals surface area contributed by atoms with Crippen molar-refractivity contribution in [2.24, 2.45) is 22.7 Å². The van der Waals surface area contributed by atoms with E-state index in [9.17, 15) is 4.79 Å². The van der Waals surface area contributed by atoms with Gasteiger partial charge in [0.1, 0.15) is 0 Å². The Morgan fingerprint density at radius 2 is 1.81 bits per heavy atom. The first-order chi connectivity index (χ1) is 7.26. The lowest BCUT2D eigenvalue weighted by Crippen LogP contribution is -2.35. The van der Waals surface area contributed by atoms with Crippen LogP contribution in [0, 0.1) is 22.7 Å². The first-order valence-electron chi connectivity index (χ1n) is 6.56. The highest BCUT2D eigenvalue weighted by atomic mass is 16.2. The van der Waals surface area contributed by atoms with Crippen LogP contribution in [-0.4, -0.2) is 23.9 Å². The lowest BCUT2D eigenvalue weighted by atomic mass is 9.76. The van der Waals surface area contributed by atoms with Gasteiger partial charge >= 0.3 is 0 Å². The predicted molar refractivity (Wildman–Crippen MR) is 66.0 cm³/mol. The molecule has 1 unspecified atom stereocenters. The second-order valence-corrected chi connectivity index (χ2v) is 7.09. The van der Waals surface area contributed by atoms with Gasteiger partial charge in [0.05, 0.1) is 0 Å². The van der Waals surface area contributed by atoms with Gasteiger partial charge in [0.2, 0.25) is 5.91 Å². The van der Waals surface area contributed by atoms with Gasteiger partial charge < -0.3 is 4.90 Å². The molecule has 92 valence electrons. The molecule has 0 bridgehead atoms. The Balaban J connectivity index is 2.08. The first-order valence-corrected chi connectivity index (χ1v) is 6.56. The van der Waals surface area contributed by atoms with Crippen LogP contribution in [0.25, 0.3) is 0 Å². The molecular weight excluding hydrogens is 198 g/mol. The monoisotopic (exact) mass is 223 g/mol. The van der Waals surface area contributed by atoms with Crippen molar-refractivity contribution in [3.05, 3.63) is 0 Å². The fraction of sp³-hybridized carbons (Fsp3) is 0.929. The van der Waals surface area contributed by atoms with Crippen molar-refractivity contribution < 1.29 is 4.79 Å². The van der Waals surface area contributed by atoms with Crippen LogP contribution in [0.4, 0.5) is 0 Å². The van der Waals surface area contributed by atoms with E-state index in [0.717, 1.165) is 25.9 Å². The zero-order chi connectivity index (χ0) is 12.1. The van der Waals surface area contributed by atoms with E-state index in [2.05, 4.69) is 39.5 Å². The first kappa shape index (κ1) is 11.9.